The maximum atomic E-state index is 13.8. The normalized spacial score (nSPS) is 31.0. The molecule has 1 amide bonds. The number of halogens is 3. The largest absolute Gasteiger partial charge is 0.462 e. The first-order valence-corrected chi connectivity index (χ1v) is 10.6. The molecule has 1 aromatic heterocycles. The number of piperidine rings is 1. The summed E-state index contributed by atoms with van der Waals surface area (Å²) in [5.41, 5.74) is 0.00588. The molecule has 1 saturated heterocycles. The number of ether oxygens (including phenoxy) is 1. The molecule has 166 valence electrons. The third kappa shape index (κ3) is 3.88. The van der Waals surface area contributed by atoms with Gasteiger partial charge < -0.3 is 15.0 Å². The molecule has 4 rings (SSSR count). The number of fused-ring (bicyclic) bond motifs is 1. The Morgan fingerprint density at radius 2 is 2.07 bits per heavy atom. The highest BCUT2D eigenvalue weighted by molar-refractivity contribution is 5.94. The highest BCUT2D eigenvalue weighted by atomic mass is 19.4. The Morgan fingerprint density at radius 1 is 1.33 bits per heavy atom. The van der Waals surface area contributed by atoms with Gasteiger partial charge in [-0.05, 0) is 44.4 Å². The van der Waals surface area contributed by atoms with Crippen LogP contribution in [0.5, 0.6) is 0 Å². The van der Waals surface area contributed by atoms with E-state index in [2.05, 4.69) is 10.4 Å². The molecule has 1 saturated carbocycles. The van der Waals surface area contributed by atoms with Gasteiger partial charge >= 0.3 is 12.1 Å². The molecule has 2 aliphatic heterocycles. The van der Waals surface area contributed by atoms with Crippen molar-refractivity contribution in [1.29, 1.82) is 0 Å². The number of hydrogen-bond acceptors (Lipinski definition) is 5. The third-order valence-electron chi connectivity index (χ3n) is 6.53. The van der Waals surface area contributed by atoms with Crippen molar-refractivity contribution >= 4 is 17.7 Å². The molecule has 5 atom stereocenters. The van der Waals surface area contributed by atoms with E-state index in [0.717, 1.165) is 30.1 Å². The summed E-state index contributed by atoms with van der Waals surface area (Å²) in [5, 5.41) is 6.97. The van der Waals surface area contributed by atoms with Crippen LogP contribution in [0.4, 0.5) is 19.0 Å². The fraction of sp³-hybridized carbons (Fsp3) is 0.750. The van der Waals surface area contributed by atoms with Gasteiger partial charge in [0.15, 0.2) is 6.04 Å². The minimum absolute atomic E-state index is 0.00588. The number of anilines is 1. The molecule has 1 N–H and O–H groups in total. The summed E-state index contributed by atoms with van der Waals surface area (Å²) in [6, 6.07) is -2.34. The van der Waals surface area contributed by atoms with Crippen LogP contribution in [0.2, 0.25) is 0 Å². The van der Waals surface area contributed by atoms with Gasteiger partial charge in [-0.3, -0.25) is 4.79 Å². The zero-order valence-electron chi connectivity index (χ0n) is 17.1. The van der Waals surface area contributed by atoms with Crippen molar-refractivity contribution in [2.45, 2.75) is 57.8 Å². The van der Waals surface area contributed by atoms with Gasteiger partial charge in [0.25, 0.3) is 0 Å². The van der Waals surface area contributed by atoms with Gasteiger partial charge in [0.1, 0.15) is 11.4 Å². The first kappa shape index (κ1) is 21.0. The Labute approximate surface area is 172 Å². The molecule has 0 spiro atoms. The summed E-state index contributed by atoms with van der Waals surface area (Å²) in [5.74, 6) is -0.208. The SMILES string of the molecule is CCOC(=O)c1cnn2c1N[C@H](C1CCCN(C(=O)C3CC3C)C1)C[C@@H]2C(F)(F)F. The van der Waals surface area contributed by atoms with Crippen LogP contribution in [0, 0.1) is 17.8 Å². The highest BCUT2D eigenvalue weighted by Gasteiger charge is 2.49. The lowest BCUT2D eigenvalue weighted by Crippen LogP contribution is -2.49. The Hall–Kier alpha value is -2.26. The number of nitrogens with one attached hydrogen (secondary N) is 1. The van der Waals surface area contributed by atoms with E-state index in [4.69, 9.17) is 4.74 Å². The van der Waals surface area contributed by atoms with Gasteiger partial charge in [0, 0.05) is 25.0 Å². The lowest BCUT2D eigenvalue weighted by Gasteiger charge is -2.41. The zero-order valence-corrected chi connectivity index (χ0v) is 17.1. The van der Waals surface area contributed by atoms with Gasteiger partial charge in [-0.1, -0.05) is 6.92 Å². The van der Waals surface area contributed by atoms with Gasteiger partial charge in [-0.25, -0.2) is 9.48 Å². The van der Waals surface area contributed by atoms with E-state index >= 15 is 0 Å². The maximum Gasteiger partial charge on any atom is 0.410 e. The summed E-state index contributed by atoms with van der Waals surface area (Å²) in [6.45, 7) is 4.89. The second-order valence-corrected chi connectivity index (χ2v) is 8.62. The molecular formula is C20H27F3N4O3. The van der Waals surface area contributed by atoms with Crippen LogP contribution in [0.15, 0.2) is 6.20 Å². The fourth-order valence-electron chi connectivity index (χ4n) is 4.70. The molecule has 7 nitrogen and oxygen atoms in total. The van der Waals surface area contributed by atoms with E-state index in [1.165, 1.54) is 0 Å². The number of rotatable bonds is 4. The van der Waals surface area contributed by atoms with Crippen LogP contribution in [-0.2, 0) is 9.53 Å². The van der Waals surface area contributed by atoms with E-state index in [9.17, 15) is 22.8 Å². The Kier molecular flexibility index (Phi) is 5.44. The first-order chi connectivity index (χ1) is 14.2. The Bertz CT molecular complexity index is 825. The minimum Gasteiger partial charge on any atom is -0.462 e. The van der Waals surface area contributed by atoms with Crippen molar-refractivity contribution in [2.75, 3.05) is 25.0 Å². The lowest BCUT2D eigenvalue weighted by molar-refractivity contribution is -0.175. The van der Waals surface area contributed by atoms with Crippen LogP contribution >= 0.6 is 0 Å². The fourth-order valence-corrected chi connectivity index (χ4v) is 4.70. The minimum atomic E-state index is -4.50. The molecule has 10 heteroatoms. The van der Waals surface area contributed by atoms with Crippen molar-refractivity contribution < 1.29 is 27.5 Å². The quantitative estimate of drug-likeness (QED) is 0.745. The monoisotopic (exact) mass is 428 g/mol. The van der Waals surface area contributed by atoms with E-state index in [1.54, 1.807) is 6.92 Å². The van der Waals surface area contributed by atoms with Crippen molar-refractivity contribution in [3.05, 3.63) is 11.8 Å². The van der Waals surface area contributed by atoms with Crippen molar-refractivity contribution in [3.8, 4) is 0 Å². The predicted octanol–water partition coefficient (Wildman–Crippen LogP) is 3.24. The lowest BCUT2D eigenvalue weighted by atomic mass is 9.85. The molecule has 1 aromatic rings. The Morgan fingerprint density at radius 3 is 2.70 bits per heavy atom. The van der Waals surface area contributed by atoms with Crippen LogP contribution in [0.3, 0.4) is 0 Å². The topological polar surface area (TPSA) is 76.5 Å². The summed E-state index contributed by atoms with van der Waals surface area (Å²) >= 11 is 0. The Balaban J connectivity index is 1.57. The second-order valence-electron chi connectivity index (χ2n) is 8.62. The number of amides is 1. The second kappa shape index (κ2) is 7.77. The third-order valence-corrected chi connectivity index (χ3v) is 6.53. The maximum absolute atomic E-state index is 13.8. The number of carbonyl (C=O) groups is 2. The van der Waals surface area contributed by atoms with Crippen LogP contribution < -0.4 is 5.32 Å². The highest BCUT2D eigenvalue weighted by Crippen LogP contribution is 2.44. The molecule has 3 aliphatic rings. The molecule has 2 fully saturated rings. The summed E-state index contributed by atoms with van der Waals surface area (Å²) in [6.07, 6.45) is -1.17. The summed E-state index contributed by atoms with van der Waals surface area (Å²) in [4.78, 5) is 26.7. The zero-order chi connectivity index (χ0) is 21.6. The number of carbonyl (C=O) groups excluding carboxylic acids is 2. The smallest absolute Gasteiger partial charge is 0.410 e. The van der Waals surface area contributed by atoms with Gasteiger partial charge in [0.2, 0.25) is 5.91 Å². The van der Waals surface area contributed by atoms with Crippen LogP contribution in [0.1, 0.15) is 55.9 Å². The van der Waals surface area contributed by atoms with E-state index in [-0.39, 0.29) is 42.2 Å². The van der Waals surface area contributed by atoms with Crippen molar-refractivity contribution in [1.82, 2.24) is 14.7 Å². The van der Waals surface area contributed by atoms with E-state index in [1.807, 2.05) is 11.8 Å². The first-order valence-electron chi connectivity index (χ1n) is 10.6. The summed E-state index contributed by atoms with van der Waals surface area (Å²) in [7, 11) is 0. The molecule has 0 radical (unpaired) electrons. The number of likely N-dealkylation sites (tertiary alicyclic amines) is 1. The van der Waals surface area contributed by atoms with Gasteiger partial charge in [-0.15, -0.1) is 0 Å². The average molecular weight is 428 g/mol. The van der Waals surface area contributed by atoms with Crippen LogP contribution in [0.25, 0.3) is 0 Å². The van der Waals surface area contributed by atoms with E-state index < -0.39 is 24.2 Å². The van der Waals surface area contributed by atoms with Crippen LogP contribution in [-0.4, -0.2) is 58.5 Å². The molecule has 1 aliphatic carbocycles. The van der Waals surface area contributed by atoms with Gasteiger partial charge in [0.05, 0.1) is 12.8 Å². The molecule has 3 heterocycles. The molecule has 3 unspecified atom stereocenters. The van der Waals surface area contributed by atoms with Gasteiger partial charge in [-0.2, -0.15) is 18.3 Å². The predicted molar refractivity (Wildman–Crippen MR) is 102 cm³/mol. The number of alkyl halides is 3. The number of aromatic nitrogens is 2. The number of nitrogens with zero attached hydrogens (tertiary/aromatic N) is 3. The molecule has 0 aromatic carbocycles. The summed E-state index contributed by atoms with van der Waals surface area (Å²) < 4.78 is 47.3. The van der Waals surface area contributed by atoms with E-state index in [0.29, 0.717) is 19.0 Å². The van der Waals surface area contributed by atoms with Crippen molar-refractivity contribution in [2.24, 2.45) is 17.8 Å². The number of esters is 1. The van der Waals surface area contributed by atoms with Crippen molar-refractivity contribution in [3.63, 3.8) is 0 Å². The molecule has 30 heavy (non-hydrogen) atoms. The standard InChI is InChI=1S/C20H27F3N4O3/c1-3-30-19(29)14-9-24-27-16(20(21,22)23)8-15(25-17(14)27)12-5-4-6-26(10-12)18(28)13-7-11(13)2/h9,11-13,15-16,25H,3-8,10H2,1-2H3/t11?,12?,13?,15-,16+/m0/s1. The number of hydrogen-bond donors (Lipinski definition) is 1. The average Bonchev–Trinajstić information content (AvgIpc) is 3.28. The molecule has 0 bridgehead atoms. The molecular weight excluding hydrogens is 401 g/mol.